The molecule has 2 aromatic carbocycles. The first-order valence-corrected chi connectivity index (χ1v) is 11.9. The first-order valence-electron chi connectivity index (χ1n) is 10.1. The minimum absolute atomic E-state index is 0.00285. The molecule has 0 saturated carbocycles. The average molecular weight is 598 g/mol. The molecule has 0 unspecified atom stereocenters. The molecule has 36 heavy (non-hydrogen) atoms. The number of nitrogens with zero attached hydrogens (tertiary/aromatic N) is 3. The van der Waals surface area contributed by atoms with E-state index < -0.39 is 28.5 Å². The smallest absolute Gasteiger partial charge is 0.306 e. The molecule has 4 aromatic rings. The highest BCUT2D eigenvalue weighted by Crippen LogP contribution is 2.35. The summed E-state index contributed by atoms with van der Waals surface area (Å²) in [4.78, 5) is 30.2. The number of benzene rings is 2. The molecule has 184 valence electrons. The summed E-state index contributed by atoms with van der Waals surface area (Å²) < 4.78 is 41.3. The van der Waals surface area contributed by atoms with E-state index in [1.165, 1.54) is 30.7 Å². The molecule has 0 atom stereocenters. The maximum atomic E-state index is 13.3. The number of nitrogens with one attached hydrogen (secondary N) is 1. The van der Waals surface area contributed by atoms with E-state index in [-0.39, 0.29) is 28.5 Å². The Morgan fingerprint density at radius 1 is 1.06 bits per heavy atom. The zero-order valence-corrected chi connectivity index (χ0v) is 21.1. The average Bonchev–Trinajstić information content (AvgIpc) is 3.34. The highest BCUT2D eigenvalue weighted by atomic mass is 79.9. The third kappa shape index (κ3) is 5.61. The zero-order valence-electron chi connectivity index (χ0n) is 18.0. The van der Waals surface area contributed by atoms with Crippen LogP contribution in [0.3, 0.4) is 0 Å². The van der Waals surface area contributed by atoms with Gasteiger partial charge in [-0.25, -0.2) is 9.67 Å². The predicted molar refractivity (Wildman–Crippen MR) is 133 cm³/mol. The number of carbonyl (C=O) groups is 2. The Morgan fingerprint density at radius 2 is 1.83 bits per heavy atom. The van der Waals surface area contributed by atoms with Crippen LogP contribution < -0.4 is 5.32 Å². The zero-order chi connectivity index (χ0) is 26.0. The summed E-state index contributed by atoms with van der Waals surface area (Å²) in [5, 5.41) is 6.19. The van der Waals surface area contributed by atoms with E-state index in [1.807, 2.05) is 0 Å². The van der Waals surface area contributed by atoms with Gasteiger partial charge in [-0.2, -0.15) is 18.3 Å². The van der Waals surface area contributed by atoms with E-state index in [0.717, 1.165) is 22.4 Å². The summed E-state index contributed by atoms with van der Waals surface area (Å²) in [6.07, 6.45) is -0.753. The molecule has 1 amide bonds. The molecule has 0 fully saturated rings. The quantitative estimate of drug-likeness (QED) is 0.193. The Balaban J connectivity index is 1.64. The van der Waals surface area contributed by atoms with Crippen molar-refractivity contribution in [1.29, 1.82) is 0 Å². The second-order valence-corrected chi connectivity index (χ2v) is 9.09. The first kappa shape index (κ1) is 25.9. The second kappa shape index (κ2) is 10.4. The highest BCUT2D eigenvalue weighted by Gasteiger charge is 2.33. The van der Waals surface area contributed by atoms with Gasteiger partial charge in [0.15, 0.2) is 5.78 Å². The van der Waals surface area contributed by atoms with Crippen molar-refractivity contribution in [2.45, 2.75) is 12.1 Å². The second-order valence-electron chi connectivity index (χ2n) is 7.50. The van der Waals surface area contributed by atoms with Crippen molar-refractivity contribution in [3.8, 4) is 5.69 Å². The van der Waals surface area contributed by atoms with E-state index in [4.69, 9.17) is 23.2 Å². The number of pyridine rings is 1. The van der Waals surface area contributed by atoms with Gasteiger partial charge in [0.2, 0.25) is 0 Å². The topological polar surface area (TPSA) is 76.9 Å². The van der Waals surface area contributed by atoms with Gasteiger partial charge in [-0.05, 0) is 57.9 Å². The van der Waals surface area contributed by atoms with Crippen LogP contribution in [0.2, 0.25) is 5.02 Å². The molecule has 0 bridgehead atoms. The fourth-order valence-electron chi connectivity index (χ4n) is 3.30. The standard InChI is InChI=1S/C24H14BrCl2F3N4O2/c25-16-7-18(22(31-11-16)33-23(36)14-3-1-2-13(6-14)9-26)21(35)15-10-32-34(12-15)17-4-5-20(27)19(8-17)24(28,29)30/h1-8,10-12H,9H2,(H,31,33,36). The van der Waals surface area contributed by atoms with E-state index in [9.17, 15) is 22.8 Å². The molecule has 4 rings (SSSR count). The molecule has 0 spiro atoms. The monoisotopic (exact) mass is 596 g/mol. The summed E-state index contributed by atoms with van der Waals surface area (Å²) >= 11 is 14.8. The lowest BCUT2D eigenvalue weighted by Gasteiger charge is -2.11. The van der Waals surface area contributed by atoms with Gasteiger partial charge >= 0.3 is 6.18 Å². The molecule has 0 radical (unpaired) electrons. The molecule has 12 heteroatoms. The first-order chi connectivity index (χ1) is 17.1. The Hall–Kier alpha value is -3.21. The van der Waals surface area contributed by atoms with Crippen LogP contribution in [0.25, 0.3) is 5.69 Å². The van der Waals surface area contributed by atoms with Crippen molar-refractivity contribution < 1.29 is 22.8 Å². The lowest BCUT2D eigenvalue weighted by atomic mass is 10.1. The molecule has 0 aliphatic rings. The number of amides is 1. The van der Waals surface area contributed by atoms with Crippen molar-refractivity contribution in [2.75, 3.05) is 5.32 Å². The SMILES string of the molecule is O=C(Nc1ncc(Br)cc1C(=O)c1cnn(-c2ccc(Cl)c(C(F)(F)F)c2)c1)c1cccc(CCl)c1. The van der Waals surface area contributed by atoms with Gasteiger partial charge in [-0.15, -0.1) is 11.6 Å². The number of hydrogen-bond acceptors (Lipinski definition) is 4. The van der Waals surface area contributed by atoms with Crippen molar-refractivity contribution in [2.24, 2.45) is 0 Å². The van der Waals surface area contributed by atoms with Gasteiger partial charge in [0.1, 0.15) is 5.82 Å². The number of rotatable bonds is 6. The van der Waals surface area contributed by atoms with E-state index in [2.05, 4.69) is 31.3 Å². The number of halogens is 6. The van der Waals surface area contributed by atoms with Crippen LogP contribution in [-0.4, -0.2) is 26.5 Å². The van der Waals surface area contributed by atoms with Crippen LogP contribution in [-0.2, 0) is 12.1 Å². The van der Waals surface area contributed by atoms with Crippen molar-refractivity contribution in [1.82, 2.24) is 14.8 Å². The third-order valence-corrected chi connectivity index (χ3v) is 6.11. The van der Waals surface area contributed by atoms with Crippen molar-refractivity contribution in [3.63, 3.8) is 0 Å². The van der Waals surface area contributed by atoms with Crippen molar-refractivity contribution >= 4 is 56.6 Å². The van der Waals surface area contributed by atoms with Gasteiger partial charge in [-0.1, -0.05) is 23.7 Å². The van der Waals surface area contributed by atoms with Crippen LogP contribution in [0.1, 0.15) is 37.4 Å². The lowest BCUT2D eigenvalue weighted by Crippen LogP contribution is -2.16. The number of hydrogen-bond donors (Lipinski definition) is 1. The van der Waals surface area contributed by atoms with E-state index in [1.54, 1.807) is 24.3 Å². The van der Waals surface area contributed by atoms with Crippen LogP contribution in [0.15, 0.2) is 71.6 Å². The number of ketones is 1. The van der Waals surface area contributed by atoms with Gasteiger partial charge < -0.3 is 5.32 Å². The van der Waals surface area contributed by atoms with Gasteiger partial charge in [0, 0.05) is 28.3 Å². The molecule has 0 aliphatic heterocycles. The largest absolute Gasteiger partial charge is 0.417 e. The summed E-state index contributed by atoms with van der Waals surface area (Å²) in [5.74, 6) is -0.820. The summed E-state index contributed by atoms with van der Waals surface area (Å²) in [5.41, 5.74) is 0.228. The summed E-state index contributed by atoms with van der Waals surface area (Å²) in [6, 6.07) is 11.4. The maximum absolute atomic E-state index is 13.3. The number of anilines is 1. The Bertz CT molecular complexity index is 1470. The van der Waals surface area contributed by atoms with Crippen molar-refractivity contribution in [3.05, 3.63) is 104 Å². The normalized spacial score (nSPS) is 11.4. The molecular formula is C24H14BrCl2F3N4O2. The van der Waals surface area contributed by atoms with Gasteiger partial charge in [0.05, 0.1) is 33.6 Å². The summed E-state index contributed by atoms with van der Waals surface area (Å²) in [6.45, 7) is 0. The van der Waals surface area contributed by atoms with Crippen LogP contribution in [0.5, 0.6) is 0 Å². The lowest BCUT2D eigenvalue weighted by molar-refractivity contribution is -0.137. The highest BCUT2D eigenvalue weighted by molar-refractivity contribution is 9.10. The fraction of sp³-hybridized carbons (Fsp3) is 0.0833. The number of alkyl halides is 4. The molecule has 6 nitrogen and oxygen atoms in total. The molecule has 1 N–H and O–H groups in total. The van der Waals surface area contributed by atoms with Crippen LogP contribution >= 0.6 is 39.1 Å². The Kier molecular flexibility index (Phi) is 7.49. The van der Waals surface area contributed by atoms with Gasteiger partial charge in [0.25, 0.3) is 5.91 Å². The number of aromatic nitrogens is 3. The molecule has 2 heterocycles. The van der Waals surface area contributed by atoms with Crippen LogP contribution in [0.4, 0.5) is 19.0 Å². The minimum atomic E-state index is -4.66. The molecule has 2 aromatic heterocycles. The summed E-state index contributed by atoms with van der Waals surface area (Å²) in [7, 11) is 0. The number of carbonyl (C=O) groups excluding carboxylic acids is 2. The molecule has 0 aliphatic carbocycles. The third-order valence-electron chi connectivity index (χ3n) is 5.04. The Labute approximate surface area is 221 Å². The minimum Gasteiger partial charge on any atom is -0.306 e. The van der Waals surface area contributed by atoms with Gasteiger partial charge in [-0.3, -0.25) is 9.59 Å². The Morgan fingerprint density at radius 3 is 2.56 bits per heavy atom. The molecule has 0 saturated heterocycles. The maximum Gasteiger partial charge on any atom is 0.417 e. The van der Waals surface area contributed by atoms with Crippen LogP contribution in [0, 0.1) is 0 Å². The predicted octanol–water partition coefficient (Wildman–Crippen LogP) is 6.92. The fourth-order valence-corrected chi connectivity index (χ4v) is 4.02. The van der Waals surface area contributed by atoms with E-state index in [0.29, 0.717) is 10.0 Å². The molecular weight excluding hydrogens is 584 g/mol. The van der Waals surface area contributed by atoms with E-state index >= 15 is 0 Å².